The lowest BCUT2D eigenvalue weighted by Gasteiger charge is -2.10. The van der Waals surface area contributed by atoms with E-state index in [1.54, 1.807) is 0 Å². The first-order valence-electron chi connectivity index (χ1n) is 4.90. The minimum absolute atomic E-state index is 0.243. The summed E-state index contributed by atoms with van der Waals surface area (Å²) in [5.74, 6) is 0. The molecule has 1 heteroatoms. The van der Waals surface area contributed by atoms with E-state index in [9.17, 15) is 5.11 Å². The van der Waals surface area contributed by atoms with Crippen molar-refractivity contribution in [2.75, 3.05) is 0 Å². The minimum atomic E-state index is -0.243. The van der Waals surface area contributed by atoms with E-state index in [-0.39, 0.29) is 6.10 Å². The molecule has 0 radical (unpaired) electrons. The van der Waals surface area contributed by atoms with E-state index in [1.807, 2.05) is 6.92 Å². The third kappa shape index (κ3) is 2.85. The van der Waals surface area contributed by atoms with Gasteiger partial charge >= 0.3 is 0 Å². The van der Waals surface area contributed by atoms with E-state index >= 15 is 0 Å². The lowest BCUT2D eigenvalue weighted by Crippen LogP contribution is -2.06. The molecule has 1 unspecified atom stereocenters. The summed E-state index contributed by atoms with van der Waals surface area (Å²) in [7, 11) is 0. The Hall–Kier alpha value is -0.820. The summed E-state index contributed by atoms with van der Waals surface area (Å²) in [4.78, 5) is 0. The molecule has 0 bridgehead atoms. The van der Waals surface area contributed by atoms with Crippen LogP contribution in [0.15, 0.2) is 18.2 Å². The van der Waals surface area contributed by atoms with Crippen LogP contribution in [0.25, 0.3) is 0 Å². The number of hydrogen-bond donors (Lipinski definition) is 1. The highest BCUT2D eigenvalue weighted by molar-refractivity contribution is 5.31. The Labute approximate surface area is 80.4 Å². The molecular weight excluding hydrogens is 160 g/mol. The number of rotatable bonds is 3. The zero-order chi connectivity index (χ0) is 9.84. The van der Waals surface area contributed by atoms with Crippen molar-refractivity contribution in [1.29, 1.82) is 0 Å². The second-order valence-corrected chi connectivity index (χ2v) is 3.68. The molecule has 1 aromatic rings. The molecule has 1 aromatic carbocycles. The highest BCUT2D eigenvalue weighted by Gasteiger charge is 2.03. The molecule has 72 valence electrons. The molecule has 1 rings (SSSR count). The summed E-state index contributed by atoms with van der Waals surface area (Å²) in [6.45, 7) is 6.09. The molecule has 13 heavy (non-hydrogen) atoms. The van der Waals surface area contributed by atoms with E-state index in [2.05, 4.69) is 32.0 Å². The topological polar surface area (TPSA) is 20.2 Å². The van der Waals surface area contributed by atoms with Gasteiger partial charge in [0.25, 0.3) is 0 Å². The summed E-state index contributed by atoms with van der Waals surface area (Å²) >= 11 is 0. The monoisotopic (exact) mass is 178 g/mol. The fourth-order valence-electron chi connectivity index (χ4n) is 1.60. The Morgan fingerprint density at radius 2 is 2.00 bits per heavy atom. The summed E-state index contributed by atoms with van der Waals surface area (Å²) < 4.78 is 0. The number of aliphatic hydroxyl groups excluding tert-OH is 1. The molecule has 1 N–H and O–H groups in total. The predicted molar refractivity (Wildman–Crippen MR) is 55.9 cm³/mol. The van der Waals surface area contributed by atoms with Gasteiger partial charge in [-0.15, -0.1) is 0 Å². The van der Waals surface area contributed by atoms with Crippen molar-refractivity contribution in [2.45, 2.75) is 39.7 Å². The van der Waals surface area contributed by atoms with Crippen LogP contribution < -0.4 is 0 Å². The van der Waals surface area contributed by atoms with Gasteiger partial charge in [-0.1, -0.05) is 30.7 Å². The van der Waals surface area contributed by atoms with Gasteiger partial charge in [0.1, 0.15) is 0 Å². The van der Waals surface area contributed by atoms with Crippen molar-refractivity contribution in [1.82, 2.24) is 0 Å². The summed E-state index contributed by atoms with van der Waals surface area (Å²) in [6, 6.07) is 6.44. The van der Waals surface area contributed by atoms with E-state index < -0.39 is 0 Å². The zero-order valence-electron chi connectivity index (χ0n) is 8.67. The largest absolute Gasteiger partial charge is 0.393 e. The Balaban J connectivity index is 2.92. The van der Waals surface area contributed by atoms with Crippen LogP contribution in [0.5, 0.6) is 0 Å². The molecule has 0 aliphatic heterocycles. The molecular formula is C12H18O. The summed E-state index contributed by atoms with van der Waals surface area (Å²) in [5, 5.41) is 9.30. The average molecular weight is 178 g/mol. The summed E-state index contributed by atoms with van der Waals surface area (Å²) in [6.07, 6.45) is 1.57. The molecule has 0 heterocycles. The van der Waals surface area contributed by atoms with Crippen LogP contribution in [-0.2, 0) is 12.8 Å². The molecule has 0 amide bonds. The van der Waals surface area contributed by atoms with Crippen LogP contribution in [0.4, 0.5) is 0 Å². The first-order chi connectivity index (χ1) is 6.13. The predicted octanol–water partition coefficient (Wildman–Crippen LogP) is 2.48. The minimum Gasteiger partial charge on any atom is -0.393 e. The molecule has 0 saturated heterocycles. The van der Waals surface area contributed by atoms with Crippen LogP contribution in [0.2, 0.25) is 0 Å². The maximum absolute atomic E-state index is 9.30. The fourth-order valence-corrected chi connectivity index (χ4v) is 1.60. The maximum atomic E-state index is 9.30. The molecule has 1 atom stereocenters. The normalized spacial score (nSPS) is 12.9. The van der Waals surface area contributed by atoms with Crippen LogP contribution in [0.1, 0.15) is 30.5 Å². The quantitative estimate of drug-likeness (QED) is 0.754. The standard InChI is InChI=1S/C12H18O/c1-4-11-7-9(2)5-6-12(11)8-10(3)13/h5-7,10,13H,4,8H2,1-3H3. The zero-order valence-corrected chi connectivity index (χ0v) is 8.67. The van der Waals surface area contributed by atoms with E-state index in [0.717, 1.165) is 12.8 Å². The number of benzene rings is 1. The lowest BCUT2D eigenvalue weighted by molar-refractivity contribution is 0.195. The Morgan fingerprint density at radius 1 is 1.31 bits per heavy atom. The lowest BCUT2D eigenvalue weighted by atomic mass is 9.98. The second-order valence-electron chi connectivity index (χ2n) is 3.68. The first-order valence-corrected chi connectivity index (χ1v) is 4.90. The van der Waals surface area contributed by atoms with E-state index in [0.29, 0.717) is 0 Å². The highest BCUT2D eigenvalue weighted by atomic mass is 16.3. The number of hydrogen-bond acceptors (Lipinski definition) is 1. The van der Waals surface area contributed by atoms with Gasteiger partial charge in [-0.2, -0.15) is 0 Å². The Morgan fingerprint density at radius 3 is 2.54 bits per heavy atom. The molecule has 0 aliphatic rings. The maximum Gasteiger partial charge on any atom is 0.0552 e. The van der Waals surface area contributed by atoms with Gasteiger partial charge in [0, 0.05) is 0 Å². The van der Waals surface area contributed by atoms with Gasteiger partial charge in [0.15, 0.2) is 0 Å². The first kappa shape index (κ1) is 10.3. The summed E-state index contributed by atoms with van der Waals surface area (Å²) in [5.41, 5.74) is 3.94. The van der Waals surface area contributed by atoms with E-state index in [1.165, 1.54) is 16.7 Å². The van der Waals surface area contributed by atoms with Crippen LogP contribution in [-0.4, -0.2) is 11.2 Å². The van der Waals surface area contributed by atoms with Crippen molar-refractivity contribution in [3.63, 3.8) is 0 Å². The fraction of sp³-hybridized carbons (Fsp3) is 0.500. The SMILES string of the molecule is CCc1cc(C)ccc1CC(C)O. The van der Waals surface area contributed by atoms with Gasteiger partial charge in [0.2, 0.25) is 0 Å². The van der Waals surface area contributed by atoms with Crippen molar-refractivity contribution < 1.29 is 5.11 Å². The molecule has 1 nitrogen and oxygen atoms in total. The van der Waals surface area contributed by atoms with Crippen molar-refractivity contribution in [2.24, 2.45) is 0 Å². The number of aliphatic hydroxyl groups is 1. The van der Waals surface area contributed by atoms with Crippen LogP contribution in [0, 0.1) is 6.92 Å². The van der Waals surface area contributed by atoms with Crippen molar-refractivity contribution >= 4 is 0 Å². The molecule has 0 spiro atoms. The molecule has 0 fully saturated rings. The van der Waals surface area contributed by atoms with Crippen molar-refractivity contribution in [3.8, 4) is 0 Å². The van der Waals surface area contributed by atoms with Crippen molar-refractivity contribution in [3.05, 3.63) is 34.9 Å². The van der Waals surface area contributed by atoms with Crippen LogP contribution in [0.3, 0.4) is 0 Å². The average Bonchev–Trinajstić information content (AvgIpc) is 2.07. The molecule has 0 saturated carbocycles. The molecule has 0 aromatic heterocycles. The number of aryl methyl sites for hydroxylation is 2. The van der Waals surface area contributed by atoms with E-state index in [4.69, 9.17) is 0 Å². The highest BCUT2D eigenvalue weighted by Crippen LogP contribution is 2.14. The van der Waals surface area contributed by atoms with Gasteiger partial charge in [0.05, 0.1) is 6.10 Å². The Bertz CT molecular complexity index is 276. The van der Waals surface area contributed by atoms with Gasteiger partial charge in [-0.05, 0) is 37.8 Å². The van der Waals surface area contributed by atoms with Gasteiger partial charge < -0.3 is 5.11 Å². The van der Waals surface area contributed by atoms with Gasteiger partial charge in [-0.3, -0.25) is 0 Å². The molecule has 0 aliphatic carbocycles. The Kier molecular flexibility index (Phi) is 3.49. The smallest absolute Gasteiger partial charge is 0.0552 e. The third-order valence-electron chi connectivity index (χ3n) is 2.26. The van der Waals surface area contributed by atoms with Crippen LogP contribution >= 0.6 is 0 Å². The third-order valence-corrected chi connectivity index (χ3v) is 2.26. The van der Waals surface area contributed by atoms with Gasteiger partial charge in [-0.25, -0.2) is 0 Å². The second kappa shape index (κ2) is 4.43.